The van der Waals surface area contributed by atoms with E-state index in [0.717, 1.165) is 0 Å². The molecule has 0 saturated carbocycles. The molecular formula is C20H18N4O4S. The van der Waals surface area contributed by atoms with E-state index in [4.69, 9.17) is 10.00 Å². The quantitative estimate of drug-likeness (QED) is 0.625. The van der Waals surface area contributed by atoms with Crippen LogP contribution in [0.5, 0.6) is 0 Å². The number of esters is 1. The number of nitrogens with one attached hydrogen (secondary N) is 1. The van der Waals surface area contributed by atoms with Crippen molar-refractivity contribution in [3.8, 4) is 6.07 Å². The number of anilines is 1. The third kappa shape index (κ3) is 4.50. The van der Waals surface area contributed by atoms with E-state index in [9.17, 15) is 14.4 Å². The van der Waals surface area contributed by atoms with Crippen LogP contribution in [0.1, 0.15) is 29.9 Å². The number of carbonyl (C=O) groups is 2. The first-order chi connectivity index (χ1) is 13.9. The lowest BCUT2D eigenvalue weighted by molar-refractivity contribution is -0.119. The highest BCUT2D eigenvalue weighted by Gasteiger charge is 2.19. The van der Waals surface area contributed by atoms with Crippen LogP contribution < -0.4 is 10.9 Å². The molecule has 0 atom stereocenters. The van der Waals surface area contributed by atoms with Crippen LogP contribution in [0.3, 0.4) is 0 Å². The van der Waals surface area contributed by atoms with Crippen LogP contribution in [-0.4, -0.2) is 28.3 Å². The average Bonchev–Trinajstić information content (AvgIpc) is 3.15. The number of nitriles is 1. The molecule has 0 aliphatic rings. The molecule has 148 valence electrons. The molecule has 3 aromatic rings. The van der Waals surface area contributed by atoms with Gasteiger partial charge in [-0.15, -0.1) is 11.3 Å². The summed E-state index contributed by atoms with van der Waals surface area (Å²) in [6.45, 7) is 3.68. The Kier molecular flexibility index (Phi) is 6.04. The molecule has 3 rings (SSSR count). The third-order valence-corrected chi connectivity index (χ3v) is 4.80. The van der Waals surface area contributed by atoms with Crippen LogP contribution in [-0.2, 0) is 16.1 Å². The Labute approximate surface area is 170 Å². The zero-order chi connectivity index (χ0) is 21.0. The summed E-state index contributed by atoms with van der Waals surface area (Å²) in [5.74, 6) is -1.23. The van der Waals surface area contributed by atoms with Crippen molar-refractivity contribution in [1.29, 1.82) is 5.26 Å². The monoisotopic (exact) mass is 410 g/mol. The van der Waals surface area contributed by atoms with Gasteiger partial charge in [0.25, 0.3) is 11.5 Å². The van der Waals surface area contributed by atoms with Gasteiger partial charge in [-0.3, -0.25) is 9.59 Å². The summed E-state index contributed by atoms with van der Waals surface area (Å²) in [5, 5.41) is 18.5. The molecule has 0 bridgehead atoms. The van der Waals surface area contributed by atoms with E-state index in [1.807, 2.05) is 19.9 Å². The number of aromatic nitrogens is 2. The van der Waals surface area contributed by atoms with Gasteiger partial charge in [0, 0.05) is 11.9 Å². The number of ether oxygens (including phenoxy) is 1. The van der Waals surface area contributed by atoms with Gasteiger partial charge < -0.3 is 10.1 Å². The molecular weight excluding hydrogens is 392 g/mol. The third-order valence-electron chi connectivity index (χ3n) is 3.97. The fourth-order valence-corrected chi connectivity index (χ4v) is 3.47. The first-order valence-corrected chi connectivity index (χ1v) is 9.73. The fourth-order valence-electron chi connectivity index (χ4n) is 2.71. The number of hydrogen-bond acceptors (Lipinski definition) is 7. The molecule has 9 heteroatoms. The SMILES string of the molecule is CC(C)Cn1nc(C(=O)OCC(=O)Nc2sccc2C#N)c2ccccc2c1=O. The number of hydrogen-bond donors (Lipinski definition) is 1. The van der Waals surface area contributed by atoms with Crippen LogP contribution >= 0.6 is 11.3 Å². The number of amides is 1. The first kappa shape index (κ1) is 20.2. The molecule has 0 aliphatic heterocycles. The van der Waals surface area contributed by atoms with Gasteiger partial charge in [-0.25, -0.2) is 9.48 Å². The topological polar surface area (TPSA) is 114 Å². The van der Waals surface area contributed by atoms with Crippen molar-refractivity contribution in [2.24, 2.45) is 5.92 Å². The molecule has 0 spiro atoms. The summed E-state index contributed by atoms with van der Waals surface area (Å²) < 4.78 is 6.36. The smallest absolute Gasteiger partial charge is 0.359 e. The van der Waals surface area contributed by atoms with Crippen LogP contribution in [0, 0.1) is 17.2 Å². The maximum absolute atomic E-state index is 12.6. The lowest BCUT2D eigenvalue weighted by Gasteiger charge is -2.12. The zero-order valence-electron chi connectivity index (χ0n) is 15.8. The normalized spacial score (nSPS) is 10.7. The van der Waals surface area contributed by atoms with Crippen molar-refractivity contribution in [3.05, 3.63) is 57.3 Å². The number of benzene rings is 1. The van der Waals surface area contributed by atoms with Crippen molar-refractivity contribution in [1.82, 2.24) is 9.78 Å². The molecule has 1 N–H and O–H groups in total. The maximum atomic E-state index is 12.6. The van der Waals surface area contributed by atoms with Gasteiger partial charge in [0.2, 0.25) is 0 Å². The average molecular weight is 410 g/mol. The summed E-state index contributed by atoms with van der Waals surface area (Å²) in [6.07, 6.45) is 0. The predicted molar refractivity (Wildman–Crippen MR) is 109 cm³/mol. The Bertz CT molecular complexity index is 1170. The van der Waals surface area contributed by atoms with E-state index in [1.54, 1.807) is 35.7 Å². The second kappa shape index (κ2) is 8.67. The molecule has 2 aromatic heterocycles. The van der Waals surface area contributed by atoms with E-state index in [1.165, 1.54) is 16.0 Å². The summed E-state index contributed by atoms with van der Waals surface area (Å²) in [5.41, 5.74) is 0.0240. The molecule has 1 amide bonds. The largest absolute Gasteiger partial charge is 0.451 e. The molecule has 0 unspecified atom stereocenters. The lowest BCUT2D eigenvalue weighted by atomic mass is 10.1. The maximum Gasteiger partial charge on any atom is 0.359 e. The Morgan fingerprint density at radius 1 is 1.28 bits per heavy atom. The summed E-state index contributed by atoms with van der Waals surface area (Å²) >= 11 is 1.20. The van der Waals surface area contributed by atoms with E-state index >= 15 is 0 Å². The molecule has 0 radical (unpaired) electrons. The highest BCUT2D eigenvalue weighted by Crippen LogP contribution is 2.22. The van der Waals surface area contributed by atoms with Crippen LogP contribution in [0.15, 0.2) is 40.5 Å². The van der Waals surface area contributed by atoms with Gasteiger partial charge >= 0.3 is 5.97 Å². The second-order valence-electron chi connectivity index (χ2n) is 6.67. The van der Waals surface area contributed by atoms with Crippen molar-refractivity contribution in [3.63, 3.8) is 0 Å². The second-order valence-corrected chi connectivity index (χ2v) is 7.59. The highest BCUT2D eigenvalue weighted by atomic mass is 32.1. The standard InChI is InChI=1S/C20H18N4O4S/c1-12(2)10-24-19(26)15-6-4-3-5-14(15)17(23-24)20(27)28-11-16(25)22-18-13(9-21)7-8-29-18/h3-8,12H,10-11H2,1-2H3,(H,22,25). The van der Waals surface area contributed by atoms with Gasteiger partial charge in [0.05, 0.1) is 10.9 Å². The lowest BCUT2D eigenvalue weighted by Crippen LogP contribution is -2.29. The Balaban J connectivity index is 1.81. The minimum atomic E-state index is -0.805. The van der Waals surface area contributed by atoms with Crippen molar-refractivity contribution < 1.29 is 14.3 Å². The summed E-state index contributed by atoms with van der Waals surface area (Å²) in [7, 11) is 0. The van der Waals surface area contributed by atoms with Crippen LogP contribution in [0.2, 0.25) is 0 Å². The minimum absolute atomic E-state index is 0.0255. The molecule has 8 nitrogen and oxygen atoms in total. The number of fused-ring (bicyclic) bond motifs is 1. The van der Waals surface area contributed by atoms with Gasteiger partial charge in [0.15, 0.2) is 12.3 Å². The minimum Gasteiger partial charge on any atom is -0.451 e. The number of carbonyl (C=O) groups excluding carboxylic acids is 2. The molecule has 29 heavy (non-hydrogen) atoms. The predicted octanol–water partition coefficient (Wildman–Crippen LogP) is 2.78. The fraction of sp³-hybridized carbons (Fsp3) is 0.250. The Hall–Kier alpha value is -3.51. The van der Waals surface area contributed by atoms with Crippen molar-refractivity contribution in [2.75, 3.05) is 11.9 Å². The molecule has 0 aliphatic carbocycles. The van der Waals surface area contributed by atoms with Crippen LogP contribution in [0.25, 0.3) is 10.8 Å². The Morgan fingerprint density at radius 3 is 2.69 bits per heavy atom. The zero-order valence-corrected chi connectivity index (χ0v) is 16.7. The van der Waals surface area contributed by atoms with Gasteiger partial charge in [0.1, 0.15) is 11.1 Å². The molecule has 1 aromatic carbocycles. The van der Waals surface area contributed by atoms with Crippen LogP contribution in [0.4, 0.5) is 5.00 Å². The molecule has 0 saturated heterocycles. The van der Waals surface area contributed by atoms with E-state index < -0.39 is 18.5 Å². The van der Waals surface area contributed by atoms with E-state index in [2.05, 4.69) is 10.4 Å². The Morgan fingerprint density at radius 2 is 2.00 bits per heavy atom. The van der Waals surface area contributed by atoms with Gasteiger partial charge in [-0.2, -0.15) is 10.4 Å². The van der Waals surface area contributed by atoms with Gasteiger partial charge in [-0.05, 0) is 23.4 Å². The first-order valence-electron chi connectivity index (χ1n) is 8.85. The van der Waals surface area contributed by atoms with E-state index in [0.29, 0.717) is 27.9 Å². The number of rotatable bonds is 6. The number of thiophene rings is 1. The van der Waals surface area contributed by atoms with Crippen molar-refractivity contribution in [2.45, 2.75) is 20.4 Å². The summed E-state index contributed by atoms with van der Waals surface area (Å²) in [6, 6.07) is 10.2. The summed E-state index contributed by atoms with van der Waals surface area (Å²) in [4.78, 5) is 37.3. The molecule has 2 heterocycles. The van der Waals surface area contributed by atoms with Crippen molar-refractivity contribution >= 4 is 39.0 Å². The van der Waals surface area contributed by atoms with E-state index in [-0.39, 0.29) is 17.2 Å². The van der Waals surface area contributed by atoms with Gasteiger partial charge in [-0.1, -0.05) is 32.0 Å². The molecule has 0 fully saturated rings. The highest BCUT2D eigenvalue weighted by molar-refractivity contribution is 7.14. The number of nitrogens with zero attached hydrogens (tertiary/aromatic N) is 3.